The molecular weight excluding hydrogens is 403 g/mol. The third-order valence-electron chi connectivity index (χ3n) is 6.15. The van der Waals surface area contributed by atoms with Crippen molar-refractivity contribution >= 4 is 15.9 Å². The van der Waals surface area contributed by atoms with Crippen LogP contribution in [0, 0.1) is 11.7 Å². The third-order valence-corrected chi connectivity index (χ3v) is 8.06. The lowest BCUT2D eigenvalue weighted by Crippen LogP contribution is -2.51. The molecule has 1 saturated carbocycles. The molecule has 0 radical (unpaired) electrons. The fraction of sp³-hybridized carbons (Fsp3) is 0.435. The fourth-order valence-corrected chi connectivity index (χ4v) is 5.57. The Morgan fingerprint density at radius 2 is 1.63 bits per heavy atom. The van der Waals surface area contributed by atoms with E-state index in [2.05, 4.69) is 13.8 Å². The Kier molecular flexibility index (Phi) is 5.68. The molecule has 2 unspecified atom stereocenters. The molecule has 1 aliphatic carbocycles. The lowest BCUT2D eigenvalue weighted by molar-refractivity contribution is -0.133. The van der Waals surface area contributed by atoms with Crippen molar-refractivity contribution in [2.45, 2.75) is 37.0 Å². The number of amides is 1. The summed E-state index contributed by atoms with van der Waals surface area (Å²) >= 11 is 0. The van der Waals surface area contributed by atoms with Crippen LogP contribution < -0.4 is 0 Å². The van der Waals surface area contributed by atoms with E-state index in [4.69, 9.17) is 0 Å². The summed E-state index contributed by atoms with van der Waals surface area (Å²) in [5, 5.41) is 0. The van der Waals surface area contributed by atoms with Crippen molar-refractivity contribution < 1.29 is 17.6 Å². The molecule has 2 aliphatic rings. The Morgan fingerprint density at radius 1 is 1.00 bits per heavy atom. The molecule has 2 atom stereocenters. The molecule has 0 spiro atoms. The van der Waals surface area contributed by atoms with Crippen LogP contribution in [0.5, 0.6) is 0 Å². The monoisotopic (exact) mass is 430 g/mol. The first-order chi connectivity index (χ1) is 14.3. The van der Waals surface area contributed by atoms with Crippen LogP contribution in [0.15, 0.2) is 53.4 Å². The third kappa shape index (κ3) is 4.01. The second kappa shape index (κ2) is 8.12. The van der Waals surface area contributed by atoms with Gasteiger partial charge in [0, 0.05) is 32.1 Å². The van der Waals surface area contributed by atoms with Gasteiger partial charge in [-0.25, -0.2) is 12.8 Å². The predicted octanol–water partition coefficient (Wildman–Crippen LogP) is 3.59. The van der Waals surface area contributed by atoms with E-state index in [9.17, 15) is 17.6 Å². The van der Waals surface area contributed by atoms with Crippen LogP contribution >= 0.6 is 0 Å². The van der Waals surface area contributed by atoms with E-state index in [0.29, 0.717) is 31.0 Å². The number of halogens is 1. The molecule has 7 heteroatoms. The van der Waals surface area contributed by atoms with Crippen LogP contribution in [0.3, 0.4) is 0 Å². The molecule has 1 heterocycles. The van der Waals surface area contributed by atoms with Crippen molar-refractivity contribution in [3.8, 4) is 0 Å². The average Bonchev–Trinajstić information content (AvgIpc) is 3.54. The second-order valence-electron chi connectivity index (χ2n) is 8.42. The number of rotatable bonds is 5. The van der Waals surface area contributed by atoms with E-state index in [0.717, 1.165) is 5.56 Å². The number of hydrogen-bond donors (Lipinski definition) is 0. The highest BCUT2D eigenvalue weighted by Gasteiger charge is 2.47. The number of carbonyl (C=O) groups is 1. The van der Waals surface area contributed by atoms with Crippen molar-refractivity contribution in [3.05, 3.63) is 65.5 Å². The summed E-state index contributed by atoms with van der Waals surface area (Å²) in [7, 11) is -3.57. The van der Waals surface area contributed by atoms with Gasteiger partial charge >= 0.3 is 0 Å². The summed E-state index contributed by atoms with van der Waals surface area (Å²) < 4.78 is 41.3. The quantitative estimate of drug-likeness (QED) is 0.729. The number of piperazine rings is 1. The molecule has 2 aromatic carbocycles. The maximum atomic E-state index is 14.0. The van der Waals surface area contributed by atoms with E-state index in [-0.39, 0.29) is 41.5 Å². The highest BCUT2D eigenvalue weighted by atomic mass is 32.2. The van der Waals surface area contributed by atoms with E-state index in [1.54, 1.807) is 35.2 Å². The SMILES string of the molecule is CC(C)c1ccc(S(=O)(=O)N2CCN(C(=O)C3CC3c3ccccc3F)CC2)cc1. The molecule has 0 N–H and O–H groups in total. The van der Waals surface area contributed by atoms with Crippen LogP contribution in [0.4, 0.5) is 4.39 Å². The molecule has 1 saturated heterocycles. The molecule has 5 nitrogen and oxygen atoms in total. The molecule has 2 fully saturated rings. The van der Waals surface area contributed by atoms with Gasteiger partial charge in [-0.2, -0.15) is 4.31 Å². The molecule has 2 aromatic rings. The zero-order valence-corrected chi connectivity index (χ0v) is 18.1. The van der Waals surface area contributed by atoms with Crippen LogP contribution in [-0.4, -0.2) is 49.7 Å². The number of sulfonamides is 1. The largest absolute Gasteiger partial charge is 0.340 e. The van der Waals surface area contributed by atoms with E-state index >= 15 is 0 Å². The number of benzene rings is 2. The molecule has 4 rings (SSSR count). The molecule has 30 heavy (non-hydrogen) atoms. The first kappa shape index (κ1) is 21.0. The minimum Gasteiger partial charge on any atom is -0.340 e. The summed E-state index contributed by atoms with van der Waals surface area (Å²) in [5.41, 5.74) is 1.69. The normalized spacial score (nSPS) is 22.3. The van der Waals surface area contributed by atoms with Crippen LogP contribution in [0.25, 0.3) is 0 Å². The predicted molar refractivity (Wildman–Crippen MR) is 113 cm³/mol. The van der Waals surface area contributed by atoms with Crippen molar-refractivity contribution in [1.82, 2.24) is 9.21 Å². The van der Waals surface area contributed by atoms with Crippen molar-refractivity contribution in [1.29, 1.82) is 0 Å². The summed E-state index contributed by atoms with van der Waals surface area (Å²) in [6.45, 7) is 5.41. The minimum atomic E-state index is -3.57. The number of hydrogen-bond acceptors (Lipinski definition) is 3. The fourth-order valence-electron chi connectivity index (χ4n) is 4.14. The zero-order valence-electron chi connectivity index (χ0n) is 17.3. The average molecular weight is 431 g/mol. The Morgan fingerprint density at radius 3 is 2.23 bits per heavy atom. The molecule has 0 aromatic heterocycles. The van der Waals surface area contributed by atoms with Gasteiger partial charge in [-0.15, -0.1) is 0 Å². The molecule has 0 bridgehead atoms. The zero-order chi connectivity index (χ0) is 21.5. The van der Waals surface area contributed by atoms with Crippen LogP contribution in [0.1, 0.15) is 43.2 Å². The standard InChI is InChI=1S/C23H27FN2O3S/c1-16(2)17-7-9-18(10-8-17)30(28,29)26-13-11-25(12-14-26)23(27)21-15-20(21)19-5-3-4-6-22(19)24/h3-10,16,20-21H,11-15H2,1-2H3. The number of nitrogens with zero attached hydrogens (tertiary/aromatic N) is 2. The summed E-state index contributed by atoms with van der Waals surface area (Å²) in [5.74, 6) is -0.195. The number of carbonyl (C=O) groups excluding carboxylic acids is 1. The Hall–Kier alpha value is -2.25. The highest BCUT2D eigenvalue weighted by Crippen LogP contribution is 2.49. The lowest BCUT2D eigenvalue weighted by Gasteiger charge is -2.34. The summed E-state index contributed by atoms with van der Waals surface area (Å²) in [4.78, 5) is 14.8. The topological polar surface area (TPSA) is 57.7 Å². The van der Waals surface area contributed by atoms with Gasteiger partial charge < -0.3 is 4.90 Å². The Balaban J connectivity index is 1.37. The molecular formula is C23H27FN2O3S. The highest BCUT2D eigenvalue weighted by molar-refractivity contribution is 7.89. The summed E-state index contributed by atoms with van der Waals surface area (Å²) in [6.07, 6.45) is 0.653. The van der Waals surface area contributed by atoms with Gasteiger partial charge in [-0.1, -0.05) is 44.2 Å². The van der Waals surface area contributed by atoms with Gasteiger partial charge in [0.15, 0.2) is 0 Å². The molecule has 1 aliphatic heterocycles. The van der Waals surface area contributed by atoms with Gasteiger partial charge in [-0.3, -0.25) is 4.79 Å². The molecule has 1 amide bonds. The first-order valence-electron chi connectivity index (χ1n) is 10.4. The van der Waals surface area contributed by atoms with Crippen molar-refractivity contribution in [2.75, 3.05) is 26.2 Å². The van der Waals surface area contributed by atoms with Crippen molar-refractivity contribution in [2.24, 2.45) is 5.92 Å². The van der Waals surface area contributed by atoms with Crippen molar-refractivity contribution in [3.63, 3.8) is 0 Å². The Labute approximate surface area is 177 Å². The smallest absolute Gasteiger partial charge is 0.243 e. The van der Waals surface area contributed by atoms with E-state index < -0.39 is 10.0 Å². The van der Waals surface area contributed by atoms with Gasteiger partial charge in [0.2, 0.25) is 15.9 Å². The van der Waals surface area contributed by atoms with E-state index in [1.165, 1.54) is 10.4 Å². The minimum absolute atomic E-state index is 0.00147. The van der Waals surface area contributed by atoms with Gasteiger partial charge in [0.1, 0.15) is 5.82 Å². The van der Waals surface area contributed by atoms with E-state index in [1.807, 2.05) is 12.1 Å². The lowest BCUT2D eigenvalue weighted by atomic mass is 10.0. The first-order valence-corrected chi connectivity index (χ1v) is 11.9. The molecule has 160 valence electrons. The second-order valence-corrected chi connectivity index (χ2v) is 10.4. The maximum absolute atomic E-state index is 14.0. The Bertz CT molecular complexity index is 1030. The summed E-state index contributed by atoms with van der Waals surface area (Å²) in [6, 6.07) is 13.6. The maximum Gasteiger partial charge on any atom is 0.243 e. The van der Waals surface area contributed by atoms with Crippen LogP contribution in [-0.2, 0) is 14.8 Å². The van der Waals surface area contributed by atoms with Gasteiger partial charge in [-0.05, 0) is 47.6 Å². The van der Waals surface area contributed by atoms with Gasteiger partial charge in [0.25, 0.3) is 0 Å². The van der Waals surface area contributed by atoms with Gasteiger partial charge in [0.05, 0.1) is 4.90 Å². The van der Waals surface area contributed by atoms with Crippen LogP contribution in [0.2, 0.25) is 0 Å².